The van der Waals surface area contributed by atoms with Gasteiger partial charge in [0.05, 0.1) is 23.1 Å². The number of hydrogen-bond donors (Lipinski definition) is 3. The monoisotopic (exact) mass is 542 g/mol. The number of fused-ring (bicyclic) bond motifs is 1. The number of nitrogens with zero attached hydrogens (tertiary/aromatic N) is 6. The molecule has 0 aliphatic heterocycles. The summed E-state index contributed by atoms with van der Waals surface area (Å²) in [5, 5.41) is 26.4. The molecule has 0 unspecified atom stereocenters. The molecule has 202 valence electrons. The molecule has 4 aromatic heterocycles. The zero-order chi connectivity index (χ0) is 27.9. The highest BCUT2D eigenvalue weighted by atomic mass is 16.5. The van der Waals surface area contributed by atoms with Gasteiger partial charge in [-0.2, -0.15) is 0 Å². The maximum Gasteiger partial charge on any atom is 0.230 e. The molecule has 6 aromatic rings. The van der Waals surface area contributed by atoms with Crippen LogP contribution in [0, 0.1) is 0 Å². The second-order valence-electron chi connectivity index (χ2n) is 9.05. The molecule has 0 saturated heterocycles. The lowest BCUT2D eigenvalue weighted by Gasteiger charge is -2.12. The Morgan fingerprint density at radius 3 is 2.44 bits per heavy atom. The molecule has 0 amide bonds. The molecule has 10 nitrogen and oxygen atoms in total. The van der Waals surface area contributed by atoms with E-state index in [0.29, 0.717) is 47.7 Å². The van der Waals surface area contributed by atoms with Gasteiger partial charge in [0.25, 0.3) is 0 Å². The minimum atomic E-state index is 0.0964. The number of anilines is 3. The molecular weight excluding hydrogens is 516 g/mol. The predicted octanol–water partition coefficient (Wildman–Crippen LogP) is 5.87. The second-order valence-corrected chi connectivity index (χ2v) is 9.05. The van der Waals surface area contributed by atoms with Crippen LogP contribution >= 0.6 is 0 Å². The summed E-state index contributed by atoms with van der Waals surface area (Å²) in [5.74, 6) is 1.84. The van der Waals surface area contributed by atoms with Crippen molar-refractivity contribution in [2.45, 2.75) is 6.42 Å². The van der Waals surface area contributed by atoms with Gasteiger partial charge in [0.1, 0.15) is 5.69 Å². The first-order valence-electron chi connectivity index (χ1n) is 13.1. The van der Waals surface area contributed by atoms with Gasteiger partial charge in [-0.05, 0) is 30.7 Å². The lowest BCUT2D eigenvalue weighted by molar-refractivity contribution is 0.292. The molecule has 3 N–H and O–H groups in total. The average Bonchev–Trinajstić information content (AvgIpc) is 3.03. The Labute approximate surface area is 236 Å². The highest BCUT2D eigenvalue weighted by Crippen LogP contribution is 2.32. The fraction of sp³-hybridized carbons (Fsp3) is 0.0968. The van der Waals surface area contributed by atoms with Crippen LogP contribution < -0.4 is 15.4 Å². The van der Waals surface area contributed by atoms with E-state index in [1.165, 1.54) is 0 Å². The molecular formula is C31H26N8O2. The lowest BCUT2D eigenvalue weighted by atomic mass is 10.0. The Morgan fingerprint density at radius 2 is 1.61 bits per heavy atom. The van der Waals surface area contributed by atoms with E-state index < -0.39 is 0 Å². The van der Waals surface area contributed by atoms with Gasteiger partial charge >= 0.3 is 0 Å². The Morgan fingerprint density at radius 1 is 0.756 bits per heavy atom. The van der Waals surface area contributed by atoms with E-state index in [9.17, 15) is 0 Å². The number of aliphatic hydroxyl groups is 1. The van der Waals surface area contributed by atoms with Crippen LogP contribution in [0.1, 0.15) is 6.42 Å². The van der Waals surface area contributed by atoms with Crippen molar-refractivity contribution in [2.24, 2.45) is 0 Å². The third-order valence-electron chi connectivity index (χ3n) is 6.26. The van der Waals surface area contributed by atoms with E-state index in [4.69, 9.17) is 9.84 Å². The van der Waals surface area contributed by atoms with Crippen molar-refractivity contribution in [3.05, 3.63) is 104 Å². The number of nitrogens with one attached hydrogen (secondary N) is 2. The highest BCUT2D eigenvalue weighted by molar-refractivity contribution is 6.00. The van der Waals surface area contributed by atoms with Gasteiger partial charge < -0.3 is 20.5 Å². The largest absolute Gasteiger partial charge is 0.420 e. The molecule has 10 heteroatoms. The van der Waals surface area contributed by atoms with Gasteiger partial charge in [0.15, 0.2) is 5.82 Å². The number of rotatable bonds is 10. The highest BCUT2D eigenvalue weighted by Gasteiger charge is 2.13. The summed E-state index contributed by atoms with van der Waals surface area (Å²) >= 11 is 0. The minimum Gasteiger partial charge on any atom is -0.420 e. The standard InChI is InChI=1S/C31H26N8O2/c40-19-7-17-33-31-34-18-15-26(37-31)25-12-6-16-32-30(25)41-27-14-13-22(20-35-27)36-29-24-11-5-4-10-23(24)28(38-39-29)21-8-2-1-3-9-21/h1-6,8-16,18,20,40H,7,17,19H2,(H,36,39)(H,33,34,37). The van der Waals surface area contributed by atoms with Crippen LogP contribution in [-0.4, -0.2) is 48.4 Å². The predicted molar refractivity (Wildman–Crippen MR) is 158 cm³/mol. The first kappa shape index (κ1) is 25.8. The number of aliphatic hydroxyl groups excluding tert-OH is 1. The van der Waals surface area contributed by atoms with Crippen molar-refractivity contribution in [3.8, 4) is 34.3 Å². The molecule has 0 radical (unpaired) electrons. The number of aromatic nitrogens is 6. The van der Waals surface area contributed by atoms with Crippen molar-refractivity contribution in [2.75, 3.05) is 23.8 Å². The van der Waals surface area contributed by atoms with Gasteiger partial charge in [-0.1, -0.05) is 54.6 Å². The van der Waals surface area contributed by atoms with Crippen LogP contribution in [0.3, 0.4) is 0 Å². The summed E-state index contributed by atoms with van der Waals surface area (Å²) in [5.41, 5.74) is 3.93. The Hall–Kier alpha value is -5.48. The first-order chi connectivity index (χ1) is 20.3. The fourth-order valence-corrected chi connectivity index (χ4v) is 4.30. The van der Waals surface area contributed by atoms with Crippen LogP contribution in [-0.2, 0) is 0 Å². The normalized spacial score (nSPS) is 10.9. The molecule has 2 aromatic carbocycles. The summed E-state index contributed by atoms with van der Waals surface area (Å²) in [4.78, 5) is 17.7. The smallest absolute Gasteiger partial charge is 0.230 e. The molecule has 6 rings (SSSR count). The number of ether oxygens (including phenoxy) is 1. The Balaban J connectivity index is 1.21. The summed E-state index contributed by atoms with van der Waals surface area (Å²) in [7, 11) is 0. The number of hydrogen-bond acceptors (Lipinski definition) is 10. The zero-order valence-corrected chi connectivity index (χ0v) is 22.0. The van der Waals surface area contributed by atoms with Crippen molar-refractivity contribution in [1.29, 1.82) is 0 Å². The van der Waals surface area contributed by atoms with Gasteiger partial charge in [-0.25, -0.2) is 19.9 Å². The molecule has 0 aliphatic carbocycles. The Bertz CT molecular complexity index is 1760. The van der Waals surface area contributed by atoms with Crippen LogP contribution in [0.15, 0.2) is 104 Å². The summed E-state index contributed by atoms with van der Waals surface area (Å²) < 4.78 is 6.05. The fourth-order valence-electron chi connectivity index (χ4n) is 4.30. The van der Waals surface area contributed by atoms with Crippen molar-refractivity contribution >= 4 is 28.2 Å². The summed E-state index contributed by atoms with van der Waals surface area (Å²) in [6, 6.07) is 27.2. The van der Waals surface area contributed by atoms with E-state index in [-0.39, 0.29) is 6.61 Å². The minimum absolute atomic E-state index is 0.0964. The zero-order valence-electron chi connectivity index (χ0n) is 22.0. The SMILES string of the molecule is OCCCNc1nccc(-c2cccnc2Oc2ccc(Nc3nnc(-c4ccccc4)c4ccccc34)cn2)n1. The molecule has 0 aliphatic rings. The maximum absolute atomic E-state index is 9.01. The maximum atomic E-state index is 9.01. The van der Waals surface area contributed by atoms with Crippen molar-refractivity contribution in [1.82, 2.24) is 30.1 Å². The second kappa shape index (κ2) is 12.1. The van der Waals surface area contributed by atoms with Gasteiger partial charge in [-0.3, -0.25) is 0 Å². The lowest BCUT2D eigenvalue weighted by Crippen LogP contribution is -2.07. The van der Waals surface area contributed by atoms with Gasteiger partial charge in [-0.15, -0.1) is 10.2 Å². The van der Waals surface area contributed by atoms with E-state index in [0.717, 1.165) is 27.7 Å². The molecule has 4 heterocycles. The molecule has 0 atom stereocenters. The van der Waals surface area contributed by atoms with Crippen LogP contribution in [0.25, 0.3) is 33.3 Å². The molecule has 0 fully saturated rings. The van der Waals surface area contributed by atoms with Crippen LogP contribution in [0.5, 0.6) is 11.8 Å². The Kier molecular flexibility index (Phi) is 7.63. The van der Waals surface area contributed by atoms with E-state index in [1.807, 2.05) is 72.8 Å². The average molecular weight is 543 g/mol. The first-order valence-corrected chi connectivity index (χ1v) is 13.1. The topological polar surface area (TPSA) is 131 Å². The third-order valence-corrected chi connectivity index (χ3v) is 6.26. The third kappa shape index (κ3) is 5.92. The van der Waals surface area contributed by atoms with Gasteiger partial charge in [0, 0.05) is 47.9 Å². The quantitative estimate of drug-likeness (QED) is 0.181. The van der Waals surface area contributed by atoms with E-state index in [1.54, 1.807) is 30.7 Å². The molecule has 0 bridgehead atoms. The van der Waals surface area contributed by atoms with E-state index >= 15 is 0 Å². The van der Waals surface area contributed by atoms with Crippen LogP contribution in [0.2, 0.25) is 0 Å². The number of benzene rings is 2. The number of pyridine rings is 2. The van der Waals surface area contributed by atoms with E-state index in [2.05, 4.69) is 40.8 Å². The van der Waals surface area contributed by atoms with Crippen molar-refractivity contribution in [3.63, 3.8) is 0 Å². The summed E-state index contributed by atoms with van der Waals surface area (Å²) in [6.45, 7) is 0.665. The molecule has 41 heavy (non-hydrogen) atoms. The van der Waals surface area contributed by atoms with Gasteiger partial charge in [0.2, 0.25) is 17.7 Å². The summed E-state index contributed by atoms with van der Waals surface area (Å²) in [6.07, 6.45) is 5.60. The van der Waals surface area contributed by atoms with Crippen molar-refractivity contribution < 1.29 is 9.84 Å². The molecule has 0 saturated carbocycles. The molecule has 0 spiro atoms. The van der Waals surface area contributed by atoms with Crippen LogP contribution in [0.4, 0.5) is 17.5 Å².